The number of carboxylic acids is 1. The number of sulfone groups is 1. The minimum absolute atomic E-state index is 0.0310. The van der Waals surface area contributed by atoms with Crippen molar-refractivity contribution in [1.82, 2.24) is 4.90 Å². The van der Waals surface area contributed by atoms with Crippen molar-refractivity contribution in [3.8, 4) is 11.1 Å². The molecular weight excluding hydrogens is 478 g/mol. The molecule has 34 heavy (non-hydrogen) atoms. The van der Waals surface area contributed by atoms with Crippen LogP contribution in [0.25, 0.3) is 11.1 Å². The largest absolute Gasteiger partial charge is 0.479 e. The highest BCUT2D eigenvalue weighted by molar-refractivity contribution is 7.91. The first-order valence-electron chi connectivity index (χ1n) is 10.4. The van der Waals surface area contributed by atoms with Crippen LogP contribution in [0.5, 0.6) is 0 Å². The van der Waals surface area contributed by atoms with Gasteiger partial charge in [0.15, 0.2) is 15.4 Å². The number of carbonyl (C=O) groups excluding carboxylic acids is 1. The molecule has 0 heterocycles. The lowest BCUT2D eigenvalue weighted by Gasteiger charge is -2.28. The summed E-state index contributed by atoms with van der Waals surface area (Å²) in [6, 6.07) is 22.1. The number of benzene rings is 3. The number of ether oxygens (including phenoxy) is 1. The van der Waals surface area contributed by atoms with Crippen LogP contribution in [0.15, 0.2) is 83.8 Å². The maximum absolute atomic E-state index is 13.2. The van der Waals surface area contributed by atoms with Gasteiger partial charge in [0.05, 0.1) is 12.0 Å². The fourth-order valence-electron chi connectivity index (χ4n) is 4.16. The smallest absolute Gasteiger partial charge is 0.411 e. The molecule has 3 aromatic carbocycles. The molecule has 0 aliphatic heterocycles. The summed E-state index contributed by atoms with van der Waals surface area (Å²) in [4.78, 5) is 25.7. The third kappa shape index (κ3) is 4.38. The molecule has 2 atom stereocenters. The van der Waals surface area contributed by atoms with Crippen molar-refractivity contribution in [3.63, 3.8) is 0 Å². The summed E-state index contributed by atoms with van der Waals surface area (Å²) in [5, 5.41) is 10.6. The molecule has 1 saturated carbocycles. The molecule has 0 bridgehead atoms. The predicted octanol–water partition coefficient (Wildman–Crippen LogP) is 4.82. The number of hydrogen-bond donors (Lipinski definition) is 1. The minimum Gasteiger partial charge on any atom is -0.479 e. The van der Waals surface area contributed by atoms with E-state index in [2.05, 4.69) is 0 Å². The van der Waals surface area contributed by atoms with Crippen molar-refractivity contribution >= 4 is 33.5 Å². The third-order valence-electron chi connectivity index (χ3n) is 6.07. The molecule has 0 saturated heterocycles. The summed E-state index contributed by atoms with van der Waals surface area (Å²) in [6.45, 7) is 0. The SMILES string of the molecule is COC(=O)N(CS(=O)(=O)c1ccc(-c2ccc(Cl)cc2)cc1)[C@]1(C(=O)O)C[C@H]1c1ccccc1. The van der Waals surface area contributed by atoms with Crippen LogP contribution < -0.4 is 0 Å². The van der Waals surface area contributed by atoms with Crippen molar-refractivity contribution in [3.05, 3.63) is 89.4 Å². The Morgan fingerprint density at radius 1 is 1.00 bits per heavy atom. The van der Waals surface area contributed by atoms with Gasteiger partial charge in [-0.15, -0.1) is 0 Å². The number of hydrogen-bond acceptors (Lipinski definition) is 5. The molecule has 0 unspecified atom stereocenters. The lowest BCUT2D eigenvalue weighted by Crippen LogP contribution is -2.50. The number of aliphatic carboxylic acids is 1. The van der Waals surface area contributed by atoms with Crippen LogP contribution in [-0.4, -0.2) is 49.0 Å². The summed E-state index contributed by atoms with van der Waals surface area (Å²) in [5.74, 6) is -2.65. The third-order valence-corrected chi connectivity index (χ3v) is 7.91. The molecule has 1 aliphatic carbocycles. The number of rotatable bonds is 7. The summed E-state index contributed by atoms with van der Waals surface area (Å²) < 4.78 is 31.3. The topological polar surface area (TPSA) is 101 Å². The molecule has 176 valence electrons. The van der Waals surface area contributed by atoms with Crippen molar-refractivity contribution in [2.24, 2.45) is 0 Å². The van der Waals surface area contributed by atoms with Crippen LogP contribution in [0.1, 0.15) is 17.9 Å². The number of carboxylic acid groups (broad SMARTS) is 1. The molecule has 4 rings (SSSR count). The van der Waals surface area contributed by atoms with Crippen molar-refractivity contribution in [2.75, 3.05) is 13.0 Å². The summed E-state index contributed by atoms with van der Waals surface area (Å²) in [5.41, 5.74) is 0.653. The van der Waals surface area contributed by atoms with Crippen LogP contribution in [0.2, 0.25) is 5.02 Å². The molecule has 1 amide bonds. The molecule has 0 radical (unpaired) electrons. The number of carbonyl (C=O) groups is 2. The zero-order valence-corrected chi connectivity index (χ0v) is 19.8. The van der Waals surface area contributed by atoms with E-state index >= 15 is 0 Å². The van der Waals surface area contributed by atoms with Gasteiger partial charge >= 0.3 is 12.1 Å². The van der Waals surface area contributed by atoms with Gasteiger partial charge in [-0.2, -0.15) is 0 Å². The first-order chi connectivity index (χ1) is 16.2. The van der Waals surface area contributed by atoms with Crippen LogP contribution in [0.4, 0.5) is 4.79 Å². The summed E-state index contributed by atoms with van der Waals surface area (Å²) in [7, 11) is -2.97. The van der Waals surface area contributed by atoms with Gasteiger partial charge in [0, 0.05) is 10.9 Å². The summed E-state index contributed by atoms with van der Waals surface area (Å²) >= 11 is 5.92. The van der Waals surface area contributed by atoms with E-state index in [1.165, 1.54) is 12.1 Å². The lowest BCUT2D eigenvalue weighted by molar-refractivity contribution is -0.144. The maximum atomic E-state index is 13.2. The van der Waals surface area contributed by atoms with Gasteiger partial charge in [0.2, 0.25) is 0 Å². The molecule has 7 nitrogen and oxygen atoms in total. The van der Waals surface area contributed by atoms with E-state index < -0.39 is 39.2 Å². The van der Waals surface area contributed by atoms with E-state index in [4.69, 9.17) is 16.3 Å². The summed E-state index contributed by atoms with van der Waals surface area (Å²) in [6.07, 6.45) is -0.922. The van der Waals surface area contributed by atoms with Crippen molar-refractivity contribution < 1.29 is 27.9 Å². The Labute approximate surface area is 202 Å². The van der Waals surface area contributed by atoms with Gasteiger partial charge in [-0.3, -0.25) is 4.90 Å². The second-order valence-corrected chi connectivity index (χ2v) is 10.5. The quantitative estimate of drug-likeness (QED) is 0.500. The molecule has 3 aromatic rings. The Bertz CT molecular complexity index is 1310. The Morgan fingerprint density at radius 3 is 2.09 bits per heavy atom. The molecule has 1 N–H and O–H groups in total. The predicted molar refractivity (Wildman–Crippen MR) is 127 cm³/mol. The van der Waals surface area contributed by atoms with E-state index in [-0.39, 0.29) is 11.3 Å². The highest BCUT2D eigenvalue weighted by atomic mass is 35.5. The molecule has 0 aromatic heterocycles. The average Bonchev–Trinajstić information content (AvgIpc) is 3.60. The highest BCUT2D eigenvalue weighted by Crippen LogP contribution is 2.56. The first kappa shape index (κ1) is 23.8. The normalized spacial score (nSPS) is 19.3. The molecule has 1 fully saturated rings. The standard InChI is InChI=1S/C25H22ClNO6S/c1-33-24(30)27(25(23(28)29)15-22(25)19-5-3-2-4-6-19)16-34(31,32)21-13-9-18(10-14-21)17-7-11-20(26)12-8-17/h2-14,22H,15-16H2,1H3,(H,28,29)/t22-,25+/m0/s1. The van der Waals surface area contributed by atoms with Gasteiger partial charge in [0.25, 0.3) is 0 Å². The molecule has 1 aliphatic rings. The van der Waals surface area contributed by atoms with Gasteiger partial charge in [-0.05, 0) is 47.4 Å². The van der Waals surface area contributed by atoms with Crippen LogP contribution in [-0.2, 0) is 19.4 Å². The van der Waals surface area contributed by atoms with E-state index in [1.807, 2.05) is 12.1 Å². The zero-order chi connectivity index (χ0) is 24.5. The second kappa shape index (κ2) is 9.12. The minimum atomic E-state index is -4.06. The number of amides is 1. The number of halogens is 1. The Morgan fingerprint density at radius 2 is 1.56 bits per heavy atom. The fourth-order valence-corrected chi connectivity index (χ4v) is 5.67. The Hall–Kier alpha value is -3.36. The fraction of sp³-hybridized carbons (Fsp3) is 0.200. The Kier molecular flexibility index (Phi) is 6.38. The van der Waals surface area contributed by atoms with Gasteiger partial charge in [-0.25, -0.2) is 18.0 Å². The zero-order valence-electron chi connectivity index (χ0n) is 18.2. The van der Waals surface area contributed by atoms with Gasteiger partial charge in [0.1, 0.15) is 5.88 Å². The lowest BCUT2D eigenvalue weighted by atomic mass is 10.1. The number of methoxy groups -OCH3 is 1. The first-order valence-corrected chi connectivity index (χ1v) is 12.4. The Balaban J connectivity index is 1.64. The van der Waals surface area contributed by atoms with Crippen molar-refractivity contribution in [2.45, 2.75) is 22.8 Å². The monoisotopic (exact) mass is 499 g/mol. The van der Waals surface area contributed by atoms with E-state index in [0.29, 0.717) is 10.6 Å². The van der Waals surface area contributed by atoms with E-state index in [1.54, 1.807) is 54.6 Å². The highest BCUT2D eigenvalue weighted by Gasteiger charge is 2.67. The van der Waals surface area contributed by atoms with E-state index in [0.717, 1.165) is 23.1 Å². The average molecular weight is 500 g/mol. The molecule has 9 heteroatoms. The van der Waals surface area contributed by atoms with Gasteiger partial charge in [-0.1, -0.05) is 66.2 Å². The maximum Gasteiger partial charge on any atom is 0.411 e. The molecule has 0 spiro atoms. The number of nitrogens with zero attached hydrogens (tertiary/aromatic N) is 1. The second-order valence-electron chi connectivity index (χ2n) is 8.07. The van der Waals surface area contributed by atoms with Crippen molar-refractivity contribution in [1.29, 1.82) is 0 Å². The van der Waals surface area contributed by atoms with E-state index in [9.17, 15) is 23.1 Å². The molecular formula is C25H22ClNO6S. The van der Waals surface area contributed by atoms with Crippen LogP contribution >= 0.6 is 11.6 Å². The van der Waals surface area contributed by atoms with Crippen LogP contribution in [0, 0.1) is 0 Å². The van der Waals surface area contributed by atoms with Crippen LogP contribution in [0.3, 0.4) is 0 Å². The van der Waals surface area contributed by atoms with Gasteiger partial charge < -0.3 is 9.84 Å².